The molecule has 4 atom stereocenters. The molecule has 0 aromatic carbocycles. The van der Waals surface area contributed by atoms with Crippen LogP contribution in [0.3, 0.4) is 0 Å². The van der Waals surface area contributed by atoms with Crippen LogP contribution in [-0.2, 0) is 14.2 Å². The summed E-state index contributed by atoms with van der Waals surface area (Å²) in [6.45, 7) is 3.79. The molecule has 2 saturated heterocycles. The zero-order valence-electron chi connectivity index (χ0n) is 8.34. The summed E-state index contributed by atoms with van der Waals surface area (Å²) in [4.78, 5) is 0. The maximum atomic E-state index is 9.75. The first-order chi connectivity index (χ1) is 6.53. The molecule has 2 fully saturated rings. The van der Waals surface area contributed by atoms with Gasteiger partial charge in [-0.15, -0.1) is 0 Å². The van der Waals surface area contributed by atoms with Crippen LogP contribution in [-0.4, -0.2) is 53.6 Å². The van der Waals surface area contributed by atoms with E-state index in [0.717, 1.165) is 0 Å². The average Bonchev–Trinajstić information content (AvgIpc) is 2.42. The summed E-state index contributed by atoms with van der Waals surface area (Å²) in [6.07, 6.45) is -1.98. The van der Waals surface area contributed by atoms with Gasteiger partial charge in [0.15, 0.2) is 5.79 Å². The van der Waals surface area contributed by atoms with E-state index in [1.165, 1.54) is 0 Å². The Morgan fingerprint density at radius 1 is 1.43 bits per heavy atom. The Labute approximate surface area is 82.6 Å². The van der Waals surface area contributed by atoms with Crippen molar-refractivity contribution in [2.45, 2.75) is 44.1 Å². The molecule has 2 N–H and O–H groups in total. The lowest BCUT2D eigenvalue weighted by atomic mass is 10.1. The molecule has 2 aliphatic heterocycles. The summed E-state index contributed by atoms with van der Waals surface area (Å²) >= 11 is 0. The van der Waals surface area contributed by atoms with Crippen molar-refractivity contribution in [3.63, 3.8) is 0 Å². The van der Waals surface area contributed by atoms with Crippen LogP contribution < -0.4 is 0 Å². The van der Waals surface area contributed by atoms with Crippen molar-refractivity contribution in [1.29, 1.82) is 0 Å². The van der Waals surface area contributed by atoms with E-state index in [2.05, 4.69) is 0 Å². The third-order valence-corrected chi connectivity index (χ3v) is 2.63. The largest absolute Gasteiger partial charge is 0.394 e. The van der Waals surface area contributed by atoms with Gasteiger partial charge in [0.2, 0.25) is 0 Å². The first-order valence-electron chi connectivity index (χ1n) is 4.79. The van der Waals surface area contributed by atoms with Crippen LogP contribution >= 0.6 is 0 Å². The van der Waals surface area contributed by atoms with Crippen LogP contribution in [0.15, 0.2) is 0 Å². The normalized spacial score (nSPS) is 46.3. The van der Waals surface area contributed by atoms with Crippen molar-refractivity contribution in [3.05, 3.63) is 0 Å². The van der Waals surface area contributed by atoms with E-state index < -0.39 is 24.1 Å². The minimum atomic E-state index is -0.770. The Balaban J connectivity index is 2.07. The summed E-state index contributed by atoms with van der Waals surface area (Å²) in [6, 6.07) is 0. The predicted molar refractivity (Wildman–Crippen MR) is 46.7 cm³/mol. The van der Waals surface area contributed by atoms with E-state index in [-0.39, 0.29) is 12.7 Å². The summed E-state index contributed by atoms with van der Waals surface area (Å²) in [5, 5.41) is 18.7. The molecule has 0 amide bonds. The lowest BCUT2D eigenvalue weighted by Crippen LogP contribution is -2.50. The molecule has 2 heterocycles. The van der Waals surface area contributed by atoms with Crippen molar-refractivity contribution in [1.82, 2.24) is 0 Å². The van der Waals surface area contributed by atoms with Gasteiger partial charge in [0.05, 0.1) is 13.2 Å². The minimum absolute atomic E-state index is 0.196. The van der Waals surface area contributed by atoms with Crippen LogP contribution in [0.4, 0.5) is 0 Å². The number of aliphatic hydroxyl groups excluding tert-OH is 2. The lowest BCUT2D eigenvalue weighted by molar-refractivity contribution is -0.300. The van der Waals surface area contributed by atoms with Gasteiger partial charge in [0, 0.05) is 0 Å². The second-order valence-corrected chi connectivity index (χ2v) is 4.18. The number of aliphatic hydroxyl groups is 2. The van der Waals surface area contributed by atoms with Gasteiger partial charge in [0.1, 0.15) is 24.4 Å². The third kappa shape index (κ3) is 1.66. The van der Waals surface area contributed by atoms with Crippen LogP contribution in [0.2, 0.25) is 0 Å². The Bertz CT molecular complexity index is 215. The highest BCUT2D eigenvalue weighted by atomic mass is 16.7. The molecule has 2 rings (SSSR count). The van der Waals surface area contributed by atoms with Gasteiger partial charge in [-0.05, 0) is 13.8 Å². The molecule has 5 nitrogen and oxygen atoms in total. The Morgan fingerprint density at radius 2 is 2.14 bits per heavy atom. The molecule has 14 heavy (non-hydrogen) atoms. The monoisotopic (exact) mass is 204 g/mol. The van der Waals surface area contributed by atoms with Crippen molar-refractivity contribution in [2.75, 3.05) is 13.2 Å². The summed E-state index contributed by atoms with van der Waals surface area (Å²) in [5.74, 6) is -0.685. The third-order valence-electron chi connectivity index (χ3n) is 2.63. The van der Waals surface area contributed by atoms with E-state index in [0.29, 0.717) is 6.61 Å². The minimum Gasteiger partial charge on any atom is -0.394 e. The Kier molecular flexibility index (Phi) is 2.53. The Morgan fingerprint density at radius 3 is 2.79 bits per heavy atom. The molecule has 2 aliphatic rings. The molecule has 0 bridgehead atoms. The highest BCUT2D eigenvalue weighted by Crippen LogP contribution is 2.32. The maximum absolute atomic E-state index is 9.75. The first kappa shape index (κ1) is 10.3. The van der Waals surface area contributed by atoms with Crippen LogP contribution in [0.1, 0.15) is 13.8 Å². The molecule has 0 saturated carbocycles. The molecule has 0 aromatic heterocycles. The standard InChI is InChI=1S/C9H16O5/c1-9(2)12-4-6-8(14-9)7(11)5(3-10)13-6/h5-8,10-11H,3-4H2,1-2H3/t5-,6+,7-,8+/m1/s1. The van der Waals surface area contributed by atoms with Crippen molar-refractivity contribution in [2.24, 2.45) is 0 Å². The SMILES string of the molecule is CC1(C)OC[C@@H]2O[C@H](CO)[C@@H](O)[C@H]2O1. The van der Waals surface area contributed by atoms with Gasteiger partial charge in [-0.25, -0.2) is 0 Å². The van der Waals surface area contributed by atoms with Gasteiger partial charge in [-0.1, -0.05) is 0 Å². The highest BCUT2D eigenvalue weighted by molar-refractivity contribution is 4.94. The second kappa shape index (κ2) is 3.43. The molecule has 0 unspecified atom stereocenters. The van der Waals surface area contributed by atoms with Gasteiger partial charge in [-0.2, -0.15) is 0 Å². The van der Waals surface area contributed by atoms with Crippen LogP contribution in [0, 0.1) is 0 Å². The number of fused-ring (bicyclic) bond motifs is 1. The Hall–Kier alpha value is -0.200. The van der Waals surface area contributed by atoms with E-state index >= 15 is 0 Å². The molecular weight excluding hydrogens is 188 g/mol. The fraction of sp³-hybridized carbons (Fsp3) is 1.00. The molecule has 0 aliphatic carbocycles. The van der Waals surface area contributed by atoms with Gasteiger partial charge in [0.25, 0.3) is 0 Å². The van der Waals surface area contributed by atoms with E-state index in [9.17, 15) is 5.11 Å². The number of ether oxygens (including phenoxy) is 3. The van der Waals surface area contributed by atoms with Crippen molar-refractivity contribution in [3.8, 4) is 0 Å². The first-order valence-corrected chi connectivity index (χ1v) is 4.79. The van der Waals surface area contributed by atoms with Gasteiger partial charge in [-0.3, -0.25) is 0 Å². The van der Waals surface area contributed by atoms with E-state index in [1.54, 1.807) is 13.8 Å². The van der Waals surface area contributed by atoms with Gasteiger partial charge < -0.3 is 24.4 Å². The van der Waals surface area contributed by atoms with Crippen molar-refractivity contribution >= 4 is 0 Å². The average molecular weight is 204 g/mol. The lowest BCUT2D eigenvalue weighted by Gasteiger charge is -2.37. The summed E-state index contributed by atoms with van der Waals surface area (Å²) < 4.78 is 16.3. The summed E-state index contributed by atoms with van der Waals surface area (Å²) in [5.41, 5.74) is 0. The molecule has 5 heteroatoms. The molecule has 0 radical (unpaired) electrons. The quantitative estimate of drug-likeness (QED) is 0.588. The zero-order chi connectivity index (χ0) is 10.3. The zero-order valence-corrected chi connectivity index (χ0v) is 8.34. The van der Waals surface area contributed by atoms with Crippen LogP contribution in [0.25, 0.3) is 0 Å². The predicted octanol–water partition coefficient (Wildman–Crippen LogP) is -0.742. The van der Waals surface area contributed by atoms with E-state index in [4.69, 9.17) is 19.3 Å². The number of hydrogen-bond acceptors (Lipinski definition) is 5. The molecule has 82 valence electrons. The van der Waals surface area contributed by atoms with Crippen LogP contribution in [0.5, 0.6) is 0 Å². The topological polar surface area (TPSA) is 68.2 Å². The fourth-order valence-corrected chi connectivity index (χ4v) is 1.89. The molecule has 0 aromatic rings. The molecular formula is C9H16O5. The fourth-order valence-electron chi connectivity index (χ4n) is 1.89. The number of rotatable bonds is 1. The maximum Gasteiger partial charge on any atom is 0.163 e. The van der Waals surface area contributed by atoms with Gasteiger partial charge >= 0.3 is 0 Å². The smallest absolute Gasteiger partial charge is 0.163 e. The van der Waals surface area contributed by atoms with Crippen molar-refractivity contribution < 1.29 is 24.4 Å². The molecule has 0 spiro atoms. The van der Waals surface area contributed by atoms with E-state index in [1.807, 2.05) is 0 Å². The highest BCUT2D eigenvalue weighted by Gasteiger charge is 2.49. The summed E-state index contributed by atoms with van der Waals surface area (Å²) in [7, 11) is 0. The number of hydrogen-bond donors (Lipinski definition) is 2. The second-order valence-electron chi connectivity index (χ2n) is 4.18.